The standard InChI is InChI=1S/C18H11F3N6O2S/c19-18(20,21)12-3-1-2-11(8-12)16-23-13(9-30-16)15(28)25-26-17-24-14(27-29-17)10-4-6-22-7-5-10/h1-9H,(H,25,28)(H,24,26,27). The van der Waals surface area contributed by atoms with Gasteiger partial charge < -0.3 is 4.52 Å². The van der Waals surface area contributed by atoms with E-state index in [0.717, 1.165) is 23.5 Å². The summed E-state index contributed by atoms with van der Waals surface area (Å²) < 4.78 is 43.6. The quantitative estimate of drug-likeness (QED) is 0.459. The number of hydrazine groups is 1. The summed E-state index contributed by atoms with van der Waals surface area (Å²) in [6, 6.07) is 8.07. The van der Waals surface area contributed by atoms with E-state index in [-0.39, 0.29) is 22.3 Å². The van der Waals surface area contributed by atoms with Crippen LogP contribution in [0.2, 0.25) is 0 Å². The average molecular weight is 432 g/mol. The molecule has 0 spiro atoms. The molecule has 3 heterocycles. The van der Waals surface area contributed by atoms with Gasteiger partial charge in [-0.2, -0.15) is 18.2 Å². The number of carbonyl (C=O) groups excluding carboxylic acids is 1. The molecule has 1 aromatic carbocycles. The van der Waals surface area contributed by atoms with E-state index < -0.39 is 17.6 Å². The van der Waals surface area contributed by atoms with Crippen molar-refractivity contribution in [3.05, 3.63) is 65.4 Å². The molecule has 0 unspecified atom stereocenters. The molecule has 30 heavy (non-hydrogen) atoms. The van der Waals surface area contributed by atoms with Gasteiger partial charge in [0.25, 0.3) is 5.91 Å². The van der Waals surface area contributed by atoms with Crippen LogP contribution in [0.4, 0.5) is 19.2 Å². The highest BCUT2D eigenvalue weighted by atomic mass is 32.1. The van der Waals surface area contributed by atoms with Gasteiger partial charge in [-0.25, -0.2) is 10.4 Å². The van der Waals surface area contributed by atoms with Crippen molar-refractivity contribution >= 4 is 23.3 Å². The van der Waals surface area contributed by atoms with E-state index in [1.54, 1.807) is 24.5 Å². The van der Waals surface area contributed by atoms with E-state index >= 15 is 0 Å². The van der Waals surface area contributed by atoms with Crippen LogP contribution in [-0.4, -0.2) is 26.0 Å². The van der Waals surface area contributed by atoms with E-state index in [4.69, 9.17) is 4.52 Å². The Bertz CT molecular complexity index is 1180. The molecule has 0 aliphatic heterocycles. The number of hydrogen-bond donors (Lipinski definition) is 2. The van der Waals surface area contributed by atoms with Crippen LogP contribution in [0, 0.1) is 0 Å². The lowest BCUT2D eigenvalue weighted by atomic mass is 10.1. The normalized spacial score (nSPS) is 11.3. The number of nitrogens with one attached hydrogen (secondary N) is 2. The number of anilines is 1. The van der Waals surface area contributed by atoms with E-state index in [2.05, 4.69) is 31.0 Å². The zero-order valence-corrected chi connectivity index (χ0v) is 15.7. The van der Waals surface area contributed by atoms with Gasteiger partial charge in [-0.1, -0.05) is 17.3 Å². The molecule has 0 saturated carbocycles. The number of alkyl halides is 3. The number of nitrogens with zero attached hydrogens (tertiary/aromatic N) is 4. The van der Waals surface area contributed by atoms with Crippen LogP contribution in [0.5, 0.6) is 0 Å². The molecule has 0 aliphatic carbocycles. The Kier molecular flexibility index (Phi) is 5.14. The maximum Gasteiger partial charge on any atom is 0.416 e. The van der Waals surface area contributed by atoms with Gasteiger partial charge in [0.2, 0.25) is 5.82 Å². The van der Waals surface area contributed by atoms with Gasteiger partial charge in [-0.15, -0.1) is 11.3 Å². The third-order valence-corrected chi connectivity index (χ3v) is 4.71. The van der Waals surface area contributed by atoms with Crippen LogP contribution < -0.4 is 10.9 Å². The maximum atomic E-state index is 12.9. The third-order valence-electron chi connectivity index (χ3n) is 3.82. The van der Waals surface area contributed by atoms with Crippen molar-refractivity contribution in [1.82, 2.24) is 25.5 Å². The van der Waals surface area contributed by atoms with Crippen LogP contribution >= 0.6 is 11.3 Å². The number of thiazole rings is 1. The van der Waals surface area contributed by atoms with Crippen LogP contribution in [0.25, 0.3) is 22.0 Å². The number of rotatable bonds is 5. The summed E-state index contributed by atoms with van der Waals surface area (Å²) in [6.45, 7) is 0. The van der Waals surface area contributed by atoms with E-state index in [1.807, 2.05) is 0 Å². The molecule has 1 amide bonds. The zero-order valence-electron chi connectivity index (χ0n) is 14.8. The molecule has 12 heteroatoms. The van der Waals surface area contributed by atoms with Crippen LogP contribution in [0.1, 0.15) is 16.1 Å². The first-order valence-electron chi connectivity index (χ1n) is 8.34. The highest BCUT2D eigenvalue weighted by molar-refractivity contribution is 7.13. The van der Waals surface area contributed by atoms with E-state index in [9.17, 15) is 18.0 Å². The van der Waals surface area contributed by atoms with Crippen molar-refractivity contribution in [3.8, 4) is 22.0 Å². The maximum absolute atomic E-state index is 12.9. The second-order valence-corrected chi connectivity index (χ2v) is 6.71. The smallest absolute Gasteiger partial charge is 0.313 e. The van der Waals surface area contributed by atoms with Crippen LogP contribution in [0.15, 0.2) is 58.7 Å². The van der Waals surface area contributed by atoms with Gasteiger partial charge in [0, 0.05) is 28.9 Å². The Balaban J connectivity index is 1.42. The highest BCUT2D eigenvalue weighted by Crippen LogP contribution is 2.33. The average Bonchev–Trinajstić information content (AvgIpc) is 3.42. The molecule has 0 bridgehead atoms. The second-order valence-electron chi connectivity index (χ2n) is 5.85. The molecule has 0 atom stereocenters. The van der Waals surface area contributed by atoms with Crippen molar-refractivity contribution in [2.45, 2.75) is 6.18 Å². The lowest BCUT2D eigenvalue weighted by molar-refractivity contribution is -0.137. The summed E-state index contributed by atoms with van der Waals surface area (Å²) >= 11 is 1.05. The van der Waals surface area contributed by atoms with Gasteiger partial charge in [-0.3, -0.25) is 15.2 Å². The van der Waals surface area contributed by atoms with Gasteiger partial charge in [0.05, 0.1) is 5.56 Å². The molecular weight excluding hydrogens is 421 g/mol. The minimum absolute atomic E-state index is 0.0220. The van der Waals surface area contributed by atoms with Crippen molar-refractivity contribution in [1.29, 1.82) is 0 Å². The Morgan fingerprint density at radius 1 is 1.07 bits per heavy atom. The van der Waals surface area contributed by atoms with Crippen molar-refractivity contribution in [3.63, 3.8) is 0 Å². The summed E-state index contributed by atoms with van der Waals surface area (Å²) in [5.41, 5.74) is 5.00. The van der Waals surface area contributed by atoms with Gasteiger partial charge in [-0.05, 0) is 24.3 Å². The minimum Gasteiger partial charge on any atom is -0.313 e. The van der Waals surface area contributed by atoms with Gasteiger partial charge in [0.1, 0.15) is 10.7 Å². The minimum atomic E-state index is -4.46. The number of carbonyl (C=O) groups is 1. The molecule has 4 rings (SSSR count). The Morgan fingerprint density at radius 3 is 2.63 bits per heavy atom. The summed E-state index contributed by atoms with van der Waals surface area (Å²) in [5, 5.41) is 5.49. The first-order chi connectivity index (χ1) is 14.4. The van der Waals surface area contributed by atoms with Crippen LogP contribution in [0.3, 0.4) is 0 Å². The van der Waals surface area contributed by atoms with Gasteiger partial charge in [0.15, 0.2) is 0 Å². The second kappa shape index (κ2) is 7.91. The number of halogens is 3. The Labute approximate surface area is 170 Å². The lowest BCUT2D eigenvalue weighted by Gasteiger charge is -2.07. The molecule has 2 N–H and O–H groups in total. The summed E-state index contributed by atoms with van der Waals surface area (Å²) in [4.78, 5) is 24.3. The molecule has 0 aliphatic rings. The molecule has 0 radical (unpaired) electrons. The Morgan fingerprint density at radius 2 is 1.87 bits per heavy atom. The third kappa shape index (κ3) is 4.27. The fourth-order valence-electron chi connectivity index (χ4n) is 2.41. The van der Waals surface area contributed by atoms with Crippen molar-refractivity contribution < 1.29 is 22.5 Å². The molecule has 3 aromatic heterocycles. The predicted octanol–water partition coefficient (Wildman–Crippen LogP) is 4.03. The first-order valence-corrected chi connectivity index (χ1v) is 9.22. The summed E-state index contributed by atoms with van der Waals surface area (Å²) in [7, 11) is 0. The molecule has 0 saturated heterocycles. The topological polar surface area (TPSA) is 106 Å². The molecule has 0 fully saturated rings. The Hall–Kier alpha value is -3.80. The number of hydrogen-bond acceptors (Lipinski definition) is 8. The van der Waals surface area contributed by atoms with E-state index in [1.165, 1.54) is 17.5 Å². The fraction of sp³-hybridized carbons (Fsp3) is 0.0556. The molecule has 4 aromatic rings. The zero-order chi connectivity index (χ0) is 21.1. The SMILES string of the molecule is O=C(NNc1nc(-c2ccncc2)no1)c1csc(-c2cccc(C(F)(F)F)c2)n1. The largest absolute Gasteiger partial charge is 0.416 e. The molecular formula is C18H11F3N6O2S. The number of aromatic nitrogens is 4. The molecule has 152 valence electrons. The van der Waals surface area contributed by atoms with Crippen LogP contribution in [-0.2, 0) is 6.18 Å². The molecule has 8 nitrogen and oxygen atoms in total. The summed E-state index contributed by atoms with van der Waals surface area (Å²) in [6.07, 6.45) is -1.31. The first kappa shape index (κ1) is 19.5. The number of benzene rings is 1. The van der Waals surface area contributed by atoms with Crippen molar-refractivity contribution in [2.24, 2.45) is 0 Å². The lowest BCUT2D eigenvalue weighted by Crippen LogP contribution is -2.29. The number of amides is 1. The summed E-state index contributed by atoms with van der Waals surface area (Å²) in [5.74, 6) is -0.317. The van der Waals surface area contributed by atoms with Gasteiger partial charge >= 0.3 is 12.2 Å². The van der Waals surface area contributed by atoms with E-state index in [0.29, 0.717) is 11.4 Å². The van der Waals surface area contributed by atoms with Crippen molar-refractivity contribution in [2.75, 3.05) is 5.43 Å². The highest BCUT2D eigenvalue weighted by Gasteiger charge is 2.30. The number of pyridine rings is 1. The predicted molar refractivity (Wildman–Crippen MR) is 101 cm³/mol. The fourth-order valence-corrected chi connectivity index (χ4v) is 3.20. The monoisotopic (exact) mass is 432 g/mol.